The van der Waals surface area contributed by atoms with E-state index in [4.69, 9.17) is 10.5 Å². The van der Waals surface area contributed by atoms with E-state index < -0.39 is 0 Å². The first-order valence-electron chi connectivity index (χ1n) is 5.88. The van der Waals surface area contributed by atoms with E-state index in [1.54, 1.807) is 6.07 Å². The molecule has 0 aliphatic carbocycles. The number of nitrogens with one attached hydrogen (secondary N) is 1. The van der Waals surface area contributed by atoms with Crippen LogP contribution in [0.15, 0.2) is 18.2 Å². The molecule has 0 saturated carbocycles. The van der Waals surface area contributed by atoms with Gasteiger partial charge in [-0.15, -0.1) is 0 Å². The van der Waals surface area contributed by atoms with Gasteiger partial charge in [-0.2, -0.15) is 0 Å². The molecule has 92 valence electrons. The predicted octanol–water partition coefficient (Wildman–Crippen LogP) is 2.08. The number of ether oxygens (including phenoxy) is 1. The molecule has 1 aromatic carbocycles. The number of aryl methyl sites for hydroxylation is 1. The zero-order valence-electron chi connectivity index (χ0n) is 10.2. The van der Waals surface area contributed by atoms with E-state index in [2.05, 4.69) is 5.32 Å². The van der Waals surface area contributed by atoms with Gasteiger partial charge in [0.1, 0.15) is 6.10 Å². The zero-order valence-corrected chi connectivity index (χ0v) is 10.2. The fourth-order valence-corrected chi connectivity index (χ4v) is 1.98. The van der Waals surface area contributed by atoms with Gasteiger partial charge in [-0.3, -0.25) is 4.79 Å². The van der Waals surface area contributed by atoms with Gasteiger partial charge in [0.25, 0.3) is 5.91 Å². The van der Waals surface area contributed by atoms with Crippen molar-refractivity contribution in [2.24, 2.45) is 0 Å². The maximum absolute atomic E-state index is 11.9. The molecule has 0 aromatic heterocycles. The lowest BCUT2D eigenvalue weighted by molar-refractivity contribution is -0.126. The number of hydrogen-bond acceptors (Lipinski definition) is 3. The number of rotatable bonds is 2. The van der Waals surface area contributed by atoms with Crippen LogP contribution in [0, 0.1) is 6.92 Å². The predicted molar refractivity (Wildman–Crippen MR) is 67.8 cm³/mol. The number of anilines is 2. The van der Waals surface area contributed by atoms with E-state index in [-0.39, 0.29) is 18.1 Å². The number of carbonyl (C=O) groups is 1. The van der Waals surface area contributed by atoms with E-state index in [1.807, 2.05) is 26.0 Å². The Morgan fingerprint density at radius 2 is 2.24 bits per heavy atom. The zero-order chi connectivity index (χ0) is 12.4. The van der Waals surface area contributed by atoms with E-state index in [0.29, 0.717) is 5.69 Å². The Labute approximate surface area is 101 Å². The molecule has 4 nitrogen and oxygen atoms in total. The molecule has 1 aliphatic heterocycles. The lowest BCUT2D eigenvalue weighted by Gasteiger charge is -2.13. The summed E-state index contributed by atoms with van der Waals surface area (Å²) in [5, 5.41) is 2.87. The van der Waals surface area contributed by atoms with Gasteiger partial charge < -0.3 is 15.8 Å². The van der Waals surface area contributed by atoms with Gasteiger partial charge in [0.2, 0.25) is 0 Å². The molecular weight excluding hydrogens is 216 g/mol. The summed E-state index contributed by atoms with van der Waals surface area (Å²) in [7, 11) is 0. The van der Waals surface area contributed by atoms with Gasteiger partial charge in [0.05, 0.1) is 6.10 Å². The fourth-order valence-electron chi connectivity index (χ4n) is 1.98. The van der Waals surface area contributed by atoms with Crippen molar-refractivity contribution in [1.29, 1.82) is 0 Å². The van der Waals surface area contributed by atoms with Gasteiger partial charge >= 0.3 is 0 Å². The Bertz CT molecular complexity index is 431. The number of amides is 1. The number of benzene rings is 1. The molecule has 17 heavy (non-hydrogen) atoms. The Morgan fingerprint density at radius 3 is 2.88 bits per heavy atom. The van der Waals surface area contributed by atoms with Gasteiger partial charge in [-0.05, 0) is 44.4 Å². The summed E-state index contributed by atoms with van der Waals surface area (Å²) in [5.41, 5.74) is 8.10. The smallest absolute Gasteiger partial charge is 0.253 e. The van der Waals surface area contributed by atoms with Crippen LogP contribution in [0.1, 0.15) is 25.3 Å². The molecule has 1 heterocycles. The molecular formula is C13H18N2O2. The SMILES string of the molecule is Cc1ccc(N)cc1NC(=O)C1CCC(C)O1. The van der Waals surface area contributed by atoms with Crippen molar-refractivity contribution in [3.8, 4) is 0 Å². The Morgan fingerprint density at radius 1 is 1.47 bits per heavy atom. The summed E-state index contributed by atoms with van der Waals surface area (Å²) >= 11 is 0. The number of nitrogens with two attached hydrogens (primary N) is 1. The second-order valence-corrected chi connectivity index (χ2v) is 4.58. The minimum absolute atomic E-state index is 0.0805. The first-order chi connectivity index (χ1) is 8.06. The number of carbonyl (C=O) groups excluding carboxylic acids is 1. The third-order valence-electron chi connectivity index (χ3n) is 3.04. The average molecular weight is 234 g/mol. The molecule has 1 saturated heterocycles. The molecule has 2 unspecified atom stereocenters. The fraction of sp³-hybridized carbons (Fsp3) is 0.462. The summed E-state index contributed by atoms with van der Waals surface area (Å²) in [5.74, 6) is -0.0805. The van der Waals surface area contributed by atoms with Crippen LogP contribution in [0.25, 0.3) is 0 Å². The van der Waals surface area contributed by atoms with Crippen LogP contribution < -0.4 is 11.1 Å². The van der Waals surface area contributed by atoms with Crippen molar-refractivity contribution in [3.05, 3.63) is 23.8 Å². The molecule has 2 rings (SSSR count). The van der Waals surface area contributed by atoms with Crippen molar-refractivity contribution < 1.29 is 9.53 Å². The summed E-state index contributed by atoms with van der Waals surface area (Å²) in [6.45, 7) is 3.92. The minimum atomic E-state index is -0.328. The van der Waals surface area contributed by atoms with Crippen molar-refractivity contribution in [2.45, 2.75) is 38.9 Å². The monoisotopic (exact) mass is 234 g/mol. The standard InChI is InChI=1S/C13H18N2O2/c1-8-3-5-10(14)7-11(8)15-13(16)12-6-4-9(2)17-12/h3,5,7,9,12H,4,6,14H2,1-2H3,(H,15,16). The van der Waals surface area contributed by atoms with Crippen LogP contribution in [0.5, 0.6) is 0 Å². The Balaban J connectivity index is 2.05. The van der Waals surface area contributed by atoms with Gasteiger partial charge in [-0.1, -0.05) is 6.07 Å². The molecule has 1 fully saturated rings. The summed E-state index contributed by atoms with van der Waals surface area (Å²) in [6, 6.07) is 5.48. The van der Waals surface area contributed by atoms with Crippen LogP contribution in [0.4, 0.5) is 11.4 Å². The van der Waals surface area contributed by atoms with Crippen molar-refractivity contribution in [2.75, 3.05) is 11.1 Å². The lowest BCUT2D eigenvalue weighted by atomic mass is 10.1. The lowest BCUT2D eigenvalue weighted by Crippen LogP contribution is -2.28. The van der Waals surface area contributed by atoms with E-state index in [1.165, 1.54) is 0 Å². The van der Waals surface area contributed by atoms with Crippen LogP contribution in [0.2, 0.25) is 0 Å². The molecule has 1 amide bonds. The van der Waals surface area contributed by atoms with Crippen LogP contribution in [0.3, 0.4) is 0 Å². The molecule has 1 aromatic rings. The average Bonchev–Trinajstić information content (AvgIpc) is 2.70. The van der Waals surface area contributed by atoms with Gasteiger partial charge in [-0.25, -0.2) is 0 Å². The largest absolute Gasteiger partial charge is 0.399 e. The Kier molecular flexibility index (Phi) is 3.33. The first kappa shape index (κ1) is 11.9. The highest BCUT2D eigenvalue weighted by Crippen LogP contribution is 2.22. The van der Waals surface area contributed by atoms with E-state index in [0.717, 1.165) is 24.1 Å². The molecule has 4 heteroatoms. The molecule has 3 N–H and O–H groups in total. The highest BCUT2D eigenvalue weighted by molar-refractivity contribution is 5.95. The van der Waals surface area contributed by atoms with E-state index >= 15 is 0 Å². The van der Waals surface area contributed by atoms with Crippen LogP contribution in [-0.4, -0.2) is 18.1 Å². The number of nitrogen functional groups attached to an aromatic ring is 1. The van der Waals surface area contributed by atoms with Crippen molar-refractivity contribution in [3.63, 3.8) is 0 Å². The summed E-state index contributed by atoms with van der Waals surface area (Å²) in [4.78, 5) is 11.9. The molecule has 2 atom stereocenters. The Hall–Kier alpha value is -1.55. The summed E-state index contributed by atoms with van der Waals surface area (Å²) in [6.07, 6.45) is 1.57. The topological polar surface area (TPSA) is 64.3 Å². The quantitative estimate of drug-likeness (QED) is 0.770. The van der Waals surface area contributed by atoms with Gasteiger partial charge in [0, 0.05) is 11.4 Å². The number of hydrogen-bond donors (Lipinski definition) is 2. The molecule has 0 bridgehead atoms. The second kappa shape index (κ2) is 4.75. The maximum atomic E-state index is 11.9. The van der Waals surface area contributed by atoms with Crippen LogP contribution >= 0.6 is 0 Å². The van der Waals surface area contributed by atoms with Crippen molar-refractivity contribution in [1.82, 2.24) is 0 Å². The van der Waals surface area contributed by atoms with Crippen molar-refractivity contribution >= 4 is 17.3 Å². The highest BCUT2D eigenvalue weighted by atomic mass is 16.5. The highest BCUT2D eigenvalue weighted by Gasteiger charge is 2.28. The maximum Gasteiger partial charge on any atom is 0.253 e. The first-order valence-corrected chi connectivity index (χ1v) is 5.88. The molecule has 0 radical (unpaired) electrons. The third kappa shape index (κ3) is 2.77. The van der Waals surface area contributed by atoms with E-state index in [9.17, 15) is 4.79 Å². The summed E-state index contributed by atoms with van der Waals surface area (Å²) < 4.78 is 5.52. The molecule has 0 spiro atoms. The normalized spacial score (nSPS) is 23.6. The second-order valence-electron chi connectivity index (χ2n) is 4.58. The third-order valence-corrected chi connectivity index (χ3v) is 3.04. The van der Waals surface area contributed by atoms with Gasteiger partial charge in [0.15, 0.2) is 0 Å². The van der Waals surface area contributed by atoms with Crippen LogP contribution in [-0.2, 0) is 9.53 Å². The molecule has 1 aliphatic rings. The minimum Gasteiger partial charge on any atom is -0.399 e.